The molecule has 17 heteroatoms. The molecule has 2 aliphatic rings. The molecule has 1 unspecified atom stereocenters. The average Bonchev–Trinajstić information content (AvgIpc) is 3.66. The lowest BCUT2D eigenvalue weighted by Crippen LogP contribution is -2.55. The van der Waals surface area contributed by atoms with Crippen LogP contribution in [0.15, 0.2) is 60.1 Å². The van der Waals surface area contributed by atoms with Gasteiger partial charge in [0.2, 0.25) is 10.8 Å². The third-order valence-corrected chi connectivity index (χ3v) is 11.4. The van der Waals surface area contributed by atoms with Crippen LogP contribution in [0.3, 0.4) is 0 Å². The largest absolute Gasteiger partial charge is 0.491 e. The minimum absolute atomic E-state index is 0.324. The Kier molecular flexibility index (Phi) is 8.72. The number of hydrogen-bond donors (Lipinski definition) is 3. The van der Waals surface area contributed by atoms with E-state index in [0.29, 0.717) is 88.7 Å². The van der Waals surface area contributed by atoms with E-state index in [1.54, 1.807) is 23.7 Å². The summed E-state index contributed by atoms with van der Waals surface area (Å²) in [5.41, 5.74) is 6.01. The molecule has 0 amide bonds. The van der Waals surface area contributed by atoms with E-state index in [1.807, 2.05) is 37.3 Å². The van der Waals surface area contributed by atoms with E-state index < -0.39 is 22.7 Å². The monoisotopic (exact) mass is 759 g/mol. The highest BCUT2D eigenvalue weighted by atomic mass is 32.1. The average molecular weight is 760 g/mol. The van der Waals surface area contributed by atoms with Gasteiger partial charge in [-0.15, -0.1) is 0 Å². The number of fused-ring (bicyclic) bond motifs is 4. The second kappa shape index (κ2) is 13.3. The Hall–Kier alpha value is -5.29. The maximum Gasteiger partial charge on any atom is 0.433 e. The lowest BCUT2D eigenvalue weighted by Gasteiger charge is -2.30. The molecule has 0 bridgehead atoms. The molecule has 8 rings (SSSR count). The Bertz CT molecular complexity index is 2410. The van der Waals surface area contributed by atoms with Crippen LogP contribution in [-0.4, -0.2) is 61.1 Å². The van der Waals surface area contributed by atoms with Gasteiger partial charge in [0.05, 0.1) is 46.1 Å². The topological polar surface area (TPSA) is 158 Å². The highest BCUT2D eigenvalue weighted by molar-refractivity contribution is 7.22. The van der Waals surface area contributed by atoms with Crippen LogP contribution < -0.4 is 25.6 Å². The molecule has 0 radical (unpaired) electrons. The van der Waals surface area contributed by atoms with Gasteiger partial charge in [-0.1, -0.05) is 36.5 Å². The van der Waals surface area contributed by atoms with E-state index in [1.165, 1.54) is 0 Å². The van der Waals surface area contributed by atoms with Crippen molar-refractivity contribution in [3.8, 4) is 11.5 Å². The summed E-state index contributed by atoms with van der Waals surface area (Å²) in [5.74, 6) is 1.20. The van der Waals surface area contributed by atoms with Gasteiger partial charge in [0, 0.05) is 36.0 Å². The number of nitrogens with one attached hydrogen (secondary N) is 2. The first-order valence-corrected chi connectivity index (χ1v) is 18.5. The second-order valence-electron chi connectivity index (χ2n) is 13.7. The van der Waals surface area contributed by atoms with Crippen LogP contribution in [-0.2, 0) is 12.6 Å². The van der Waals surface area contributed by atoms with Crippen molar-refractivity contribution in [2.45, 2.75) is 46.2 Å². The Morgan fingerprint density at radius 1 is 0.887 bits per heavy atom. The highest BCUT2D eigenvalue weighted by Crippen LogP contribution is 2.40. The summed E-state index contributed by atoms with van der Waals surface area (Å²) in [6.07, 6.45) is 1.68. The Morgan fingerprint density at radius 2 is 1.60 bits per heavy atom. The standard InChI is InChI=1S/C36H33F3N10O2S2/c1-19-13-25-21(16-42-19)46-32(52-25)44-18-35(9-12-51-23-5-4-10-41-28(23)30(35)40)15-20-6-7-24-29(45-20)31(34(2,3)8-11-50-24)48-49-33-47-22-17-43-27(36(37,38)39)14-26(22)53-33/h4-7,10,13-14,16-17,40H,8-9,11-12,15,18H2,1-3H3,(H,44,46)(H,47,49)/p+1/b40-30?,48-31-. The summed E-state index contributed by atoms with van der Waals surface area (Å²) in [4.78, 5) is 26.9. The number of thiazole rings is 2. The number of nitrogens with two attached hydrogens (primary N) is 1. The quantitative estimate of drug-likeness (QED) is 0.162. The van der Waals surface area contributed by atoms with Gasteiger partial charge in [0.15, 0.2) is 16.6 Å². The van der Waals surface area contributed by atoms with Gasteiger partial charge >= 0.3 is 6.18 Å². The zero-order chi connectivity index (χ0) is 37.0. The third kappa shape index (κ3) is 6.85. The molecule has 272 valence electrons. The summed E-state index contributed by atoms with van der Waals surface area (Å²) in [5, 5.41) is 16.5. The fourth-order valence-corrected chi connectivity index (χ4v) is 8.29. The molecule has 8 heterocycles. The Balaban J connectivity index is 1.14. The predicted octanol–water partition coefficient (Wildman–Crippen LogP) is 6.11. The van der Waals surface area contributed by atoms with Crippen molar-refractivity contribution in [3.63, 3.8) is 0 Å². The van der Waals surface area contributed by atoms with Crippen molar-refractivity contribution in [1.82, 2.24) is 29.9 Å². The molecule has 1 atom stereocenters. The number of anilines is 2. The van der Waals surface area contributed by atoms with Crippen molar-refractivity contribution in [3.05, 3.63) is 83.5 Å². The summed E-state index contributed by atoms with van der Waals surface area (Å²) in [6.45, 7) is 7.33. The van der Waals surface area contributed by atoms with Gasteiger partial charge in [-0.25, -0.2) is 24.9 Å². The number of pyridine rings is 4. The number of ether oxygens (including phenoxy) is 2. The fourth-order valence-electron chi connectivity index (χ4n) is 6.55. The van der Waals surface area contributed by atoms with E-state index >= 15 is 0 Å². The molecular weight excluding hydrogens is 726 g/mol. The summed E-state index contributed by atoms with van der Waals surface area (Å²) < 4.78 is 53.6. The molecule has 6 aromatic heterocycles. The molecule has 0 saturated heterocycles. The molecule has 53 heavy (non-hydrogen) atoms. The SMILES string of the molecule is Cc1cc2sc(NCC3(Cc4ccc5c(n4)/C(=N/Nc4nc6cnc(C(F)(F)F)cc6s4)C(C)(C)CCO5)CCOc4cccnc4C3=[NH2+])nc2cn1. The van der Waals surface area contributed by atoms with Gasteiger partial charge in [0.25, 0.3) is 0 Å². The number of hydrazone groups is 1. The Labute approximate surface area is 309 Å². The van der Waals surface area contributed by atoms with Gasteiger partial charge < -0.3 is 14.8 Å². The first-order chi connectivity index (χ1) is 25.4. The minimum atomic E-state index is -4.56. The second-order valence-corrected chi connectivity index (χ2v) is 15.8. The van der Waals surface area contributed by atoms with E-state index in [9.17, 15) is 13.2 Å². The van der Waals surface area contributed by atoms with Crippen molar-refractivity contribution in [2.75, 3.05) is 30.5 Å². The minimum Gasteiger partial charge on any atom is -0.491 e. The summed E-state index contributed by atoms with van der Waals surface area (Å²) in [7, 11) is 0. The lowest BCUT2D eigenvalue weighted by atomic mass is 9.74. The molecule has 12 nitrogen and oxygen atoms in total. The predicted molar refractivity (Wildman–Crippen MR) is 198 cm³/mol. The number of halogens is 3. The van der Waals surface area contributed by atoms with Crippen molar-refractivity contribution in [1.29, 1.82) is 0 Å². The Morgan fingerprint density at radius 3 is 2.42 bits per heavy atom. The van der Waals surface area contributed by atoms with Crippen LogP contribution in [0.4, 0.5) is 23.4 Å². The van der Waals surface area contributed by atoms with Gasteiger partial charge in [-0.05, 0) is 56.2 Å². The van der Waals surface area contributed by atoms with Crippen molar-refractivity contribution < 1.29 is 28.1 Å². The van der Waals surface area contributed by atoms with Crippen LogP contribution in [0.2, 0.25) is 0 Å². The molecule has 0 spiro atoms. The van der Waals surface area contributed by atoms with Crippen LogP contribution >= 0.6 is 22.7 Å². The van der Waals surface area contributed by atoms with Crippen LogP contribution in [0.25, 0.3) is 20.4 Å². The highest BCUT2D eigenvalue weighted by Gasteiger charge is 2.45. The molecule has 4 N–H and O–H groups in total. The normalized spacial score (nSPS) is 19.2. The molecule has 0 aromatic carbocycles. The summed E-state index contributed by atoms with van der Waals surface area (Å²) in [6, 6.07) is 10.5. The number of nitrogens with zero attached hydrogens (tertiary/aromatic N) is 7. The molecule has 0 fully saturated rings. The number of alkyl halides is 3. The van der Waals surface area contributed by atoms with E-state index in [-0.39, 0.29) is 0 Å². The summed E-state index contributed by atoms with van der Waals surface area (Å²) >= 11 is 2.61. The molecule has 2 aliphatic heterocycles. The maximum absolute atomic E-state index is 13.3. The van der Waals surface area contributed by atoms with E-state index in [2.05, 4.69) is 44.5 Å². The van der Waals surface area contributed by atoms with Crippen molar-refractivity contribution >= 4 is 64.8 Å². The molecule has 6 aromatic rings. The first kappa shape index (κ1) is 34.8. The van der Waals surface area contributed by atoms with Crippen molar-refractivity contribution in [2.24, 2.45) is 15.9 Å². The van der Waals surface area contributed by atoms with Crippen LogP contribution in [0, 0.1) is 17.8 Å². The molecular formula is C36H34F3N10O2S2+. The van der Waals surface area contributed by atoms with Crippen LogP contribution in [0.1, 0.15) is 55.2 Å². The molecule has 0 aliphatic carbocycles. The zero-order valence-electron chi connectivity index (χ0n) is 28.9. The van der Waals surface area contributed by atoms with Gasteiger partial charge in [-0.2, -0.15) is 18.3 Å². The van der Waals surface area contributed by atoms with Crippen LogP contribution in [0.5, 0.6) is 11.5 Å². The zero-order valence-corrected chi connectivity index (χ0v) is 30.5. The number of aryl methyl sites for hydroxylation is 1. The lowest BCUT2D eigenvalue weighted by molar-refractivity contribution is -0.141. The number of rotatable bonds is 7. The fraction of sp³-hybridized carbons (Fsp3) is 0.333. The first-order valence-electron chi connectivity index (χ1n) is 16.9. The molecule has 0 saturated carbocycles. The van der Waals surface area contributed by atoms with Gasteiger partial charge in [0.1, 0.15) is 28.2 Å². The van der Waals surface area contributed by atoms with E-state index in [0.717, 1.165) is 50.3 Å². The number of hydrogen-bond acceptors (Lipinski definition) is 13. The smallest absolute Gasteiger partial charge is 0.433 e. The third-order valence-electron chi connectivity index (χ3n) is 9.54. The van der Waals surface area contributed by atoms with Gasteiger partial charge in [-0.3, -0.25) is 15.8 Å². The number of aromatic nitrogens is 6. The van der Waals surface area contributed by atoms with E-state index in [4.69, 9.17) is 30.0 Å². The maximum atomic E-state index is 13.3.